The highest BCUT2D eigenvalue weighted by Gasteiger charge is 2.13. The second kappa shape index (κ2) is 4.74. The average Bonchev–Trinajstić information content (AvgIpc) is 2.05. The van der Waals surface area contributed by atoms with Crippen molar-refractivity contribution in [3.63, 3.8) is 0 Å². The van der Waals surface area contributed by atoms with Gasteiger partial charge in [-0.15, -0.1) is 12.4 Å². The highest BCUT2D eigenvalue weighted by molar-refractivity contribution is 5.85. The molecule has 4 nitrogen and oxygen atoms in total. The normalized spacial score (nSPS) is 9.08. The van der Waals surface area contributed by atoms with Gasteiger partial charge < -0.3 is 5.73 Å². The predicted octanol–water partition coefficient (Wildman–Crippen LogP) is 1.61. The summed E-state index contributed by atoms with van der Waals surface area (Å²) >= 11 is 0. The van der Waals surface area contributed by atoms with E-state index in [1.807, 2.05) is 0 Å². The maximum atomic E-state index is 12.7. The molecule has 0 heterocycles. The van der Waals surface area contributed by atoms with Gasteiger partial charge in [0.15, 0.2) is 0 Å². The third-order valence-electron chi connectivity index (χ3n) is 1.44. The summed E-state index contributed by atoms with van der Waals surface area (Å²) in [6.45, 7) is 0.168. The molecule has 1 rings (SSSR count). The van der Waals surface area contributed by atoms with Gasteiger partial charge in [-0.25, -0.2) is 0 Å². The van der Waals surface area contributed by atoms with Crippen LogP contribution >= 0.6 is 12.4 Å². The van der Waals surface area contributed by atoms with Crippen LogP contribution in [0, 0.1) is 15.9 Å². The Labute approximate surface area is 80.1 Å². The van der Waals surface area contributed by atoms with E-state index < -0.39 is 16.4 Å². The first-order valence-electron chi connectivity index (χ1n) is 3.28. The fourth-order valence-corrected chi connectivity index (χ4v) is 0.825. The molecule has 0 radical (unpaired) electrons. The third kappa shape index (κ3) is 2.64. The fraction of sp³-hybridized carbons (Fsp3) is 0.143. The first-order valence-corrected chi connectivity index (χ1v) is 3.28. The summed E-state index contributed by atoms with van der Waals surface area (Å²) < 4.78 is 12.7. The molecule has 13 heavy (non-hydrogen) atoms. The van der Waals surface area contributed by atoms with Gasteiger partial charge in [0.05, 0.1) is 4.92 Å². The lowest BCUT2D eigenvalue weighted by molar-refractivity contribution is -0.387. The van der Waals surface area contributed by atoms with Gasteiger partial charge in [-0.1, -0.05) is 6.07 Å². The Balaban J connectivity index is 0.00000144. The molecule has 0 amide bonds. The number of hydrogen-bond donors (Lipinski definition) is 1. The molecule has 2 N–H and O–H groups in total. The Morgan fingerprint density at radius 2 is 2.15 bits per heavy atom. The monoisotopic (exact) mass is 206 g/mol. The van der Waals surface area contributed by atoms with Crippen molar-refractivity contribution in [3.05, 3.63) is 39.7 Å². The molecule has 0 spiro atoms. The van der Waals surface area contributed by atoms with Crippen LogP contribution in [-0.4, -0.2) is 4.92 Å². The molecule has 0 saturated heterocycles. The van der Waals surface area contributed by atoms with E-state index in [1.54, 1.807) is 0 Å². The van der Waals surface area contributed by atoms with E-state index in [0.29, 0.717) is 5.56 Å². The van der Waals surface area contributed by atoms with Gasteiger partial charge in [0.25, 0.3) is 0 Å². The van der Waals surface area contributed by atoms with E-state index >= 15 is 0 Å². The lowest BCUT2D eigenvalue weighted by atomic mass is 10.2. The Morgan fingerprint density at radius 1 is 1.54 bits per heavy atom. The predicted molar refractivity (Wildman–Crippen MR) is 48.2 cm³/mol. The quantitative estimate of drug-likeness (QED) is 0.591. The van der Waals surface area contributed by atoms with Crippen LogP contribution < -0.4 is 5.73 Å². The number of halogens is 2. The second-order valence-corrected chi connectivity index (χ2v) is 2.25. The fourth-order valence-electron chi connectivity index (χ4n) is 0.825. The summed E-state index contributed by atoms with van der Waals surface area (Å²) in [7, 11) is 0. The first-order chi connectivity index (χ1) is 5.65. The summed E-state index contributed by atoms with van der Waals surface area (Å²) in [6.07, 6.45) is 0. The molecule has 0 aromatic heterocycles. The van der Waals surface area contributed by atoms with Gasteiger partial charge in [-0.3, -0.25) is 10.1 Å². The molecule has 6 heteroatoms. The van der Waals surface area contributed by atoms with E-state index in [1.165, 1.54) is 6.07 Å². The van der Waals surface area contributed by atoms with Gasteiger partial charge in [-0.05, 0) is 11.6 Å². The summed E-state index contributed by atoms with van der Waals surface area (Å²) in [4.78, 5) is 9.45. The van der Waals surface area contributed by atoms with Gasteiger partial charge in [0.1, 0.15) is 0 Å². The lowest BCUT2D eigenvalue weighted by Gasteiger charge is -1.96. The van der Waals surface area contributed by atoms with Crippen molar-refractivity contribution in [1.82, 2.24) is 0 Å². The zero-order chi connectivity index (χ0) is 9.14. The number of nitrogens with zero attached hydrogens (tertiary/aromatic N) is 1. The van der Waals surface area contributed by atoms with Crippen LogP contribution in [0.4, 0.5) is 10.1 Å². The molecule has 1 aromatic rings. The minimum atomic E-state index is -0.836. The van der Waals surface area contributed by atoms with Crippen LogP contribution in [0.25, 0.3) is 0 Å². The topological polar surface area (TPSA) is 69.2 Å². The van der Waals surface area contributed by atoms with Crippen molar-refractivity contribution in [2.75, 3.05) is 0 Å². The number of nitro groups is 1. The molecule has 72 valence electrons. The maximum absolute atomic E-state index is 12.7. The molecule has 0 saturated carbocycles. The van der Waals surface area contributed by atoms with E-state index in [9.17, 15) is 14.5 Å². The van der Waals surface area contributed by atoms with Crippen molar-refractivity contribution < 1.29 is 9.31 Å². The summed E-state index contributed by atoms with van der Waals surface area (Å²) in [6, 6.07) is 3.60. The Kier molecular flexibility index (Phi) is 4.30. The van der Waals surface area contributed by atoms with E-state index in [-0.39, 0.29) is 19.0 Å². The molecule has 0 aliphatic heterocycles. The summed E-state index contributed by atoms with van der Waals surface area (Å²) in [5.41, 5.74) is 5.24. The summed E-state index contributed by atoms with van der Waals surface area (Å²) in [5.74, 6) is -0.836. The molecule has 1 aromatic carbocycles. The molecular weight excluding hydrogens is 199 g/mol. The van der Waals surface area contributed by atoms with Gasteiger partial charge in [0, 0.05) is 12.6 Å². The van der Waals surface area contributed by atoms with Crippen molar-refractivity contribution in [1.29, 1.82) is 0 Å². The number of benzene rings is 1. The Morgan fingerprint density at radius 3 is 2.62 bits per heavy atom. The standard InChI is InChI=1S/C7H7FN2O2.ClH/c8-6-2-1-5(4-9)3-7(6)10(11)12;/h1-3H,4,9H2;1H. The van der Waals surface area contributed by atoms with Crippen molar-refractivity contribution in [2.24, 2.45) is 5.73 Å². The second-order valence-electron chi connectivity index (χ2n) is 2.25. The molecule has 0 aliphatic rings. The van der Waals surface area contributed by atoms with Gasteiger partial charge >= 0.3 is 5.69 Å². The number of hydrogen-bond acceptors (Lipinski definition) is 3. The van der Waals surface area contributed by atoms with Crippen LogP contribution in [0.15, 0.2) is 18.2 Å². The minimum absolute atomic E-state index is 0. The Hall–Kier alpha value is -1.20. The molecule has 0 bridgehead atoms. The van der Waals surface area contributed by atoms with Crippen LogP contribution in [-0.2, 0) is 6.54 Å². The SMILES string of the molecule is Cl.NCc1ccc(F)c([N+](=O)[O-])c1. The molecule has 0 atom stereocenters. The highest BCUT2D eigenvalue weighted by Crippen LogP contribution is 2.17. The summed E-state index contributed by atoms with van der Waals surface area (Å²) in [5, 5.41) is 10.2. The Bertz CT molecular complexity index is 319. The lowest BCUT2D eigenvalue weighted by Crippen LogP contribution is -1.99. The average molecular weight is 207 g/mol. The van der Waals surface area contributed by atoms with E-state index in [2.05, 4.69) is 0 Å². The molecule has 0 fully saturated rings. The maximum Gasteiger partial charge on any atom is 0.305 e. The smallest absolute Gasteiger partial charge is 0.305 e. The van der Waals surface area contributed by atoms with Gasteiger partial charge in [-0.2, -0.15) is 4.39 Å². The molecular formula is C7H8ClFN2O2. The number of nitrogens with two attached hydrogens (primary N) is 1. The van der Waals surface area contributed by atoms with E-state index in [4.69, 9.17) is 5.73 Å². The van der Waals surface area contributed by atoms with Crippen molar-refractivity contribution in [2.45, 2.75) is 6.54 Å². The zero-order valence-electron chi connectivity index (χ0n) is 6.57. The molecule has 0 aliphatic carbocycles. The van der Waals surface area contributed by atoms with Crippen molar-refractivity contribution >= 4 is 18.1 Å². The van der Waals surface area contributed by atoms with E-state index in [0.717, 1.165) is 12.1 Å². The van der Waals surface area contributed by atoms with Gasteiger partial charge in [0.2, 0.25) is 5.82 Å². The number of nitro benzene ring substituents is 1. The van der Waals surface area contributed by atoms with Crippen LogP contribution in [0.3, 0.4) is 0 Å². The minimum Gasteiger partial charge on any atom is -0.326 e. The largest absolute Gasteiger partial charge is 0.326 e. The van der Waals surface area contributed by atoms with Crippen LogP contribution in [0.2, 0.25) is 0 Å². The third-order valence-corrected chi connectivity index (χ3v) is 1.44. The van der Waals surface area contributed by atoms with Crippen molar-refractivity contribution in [3.8, 4) is 0 Å². The van der Waals surface area contributed by atoms with Crippen LogP contribution in [0.5, 0.6) is 0 Å². The highest BCUT2D eigenvalue weighted by atomic mass is 35.5. The number of rotatable bonds is 2. The molecule has 0 unspecified atom stereocenters. The first kappa shape index (κ1) is 11.8. The van der Waals surface area contributed by atoms with Crippen LogP contribution in [0.1, 0.15) is 5.56 Å². The zero-order valence-corrected chi connectivity index (χ0v) is 7.38.